The van der Waals surface area contributed by atoms with E-state index in [1.807, 2.05) is 43.3 Å². The van der Waals surface area contributed by atoms with Crippen LogP contribution in [0, 0.1) is 6.92 Å². The largest absolute Gasteiger partial charge is 0.497 e. The first-order valence-corrected chi connectivity index (χ1v) is 6.77. The summed E-state index contributed by atoms with van der Waals surface area (Å²) in [6.45, 7) is 1.82. The van der Waals surface area contributed by atoms with Crippen molar-refractivity contribution in [3.63, 3.8) is 0 Å². The quantitative estimate of drug-likeness (QED) is 0.692. The van der Waals surface area contributed by atoms with Gasteiger partial charge >= 0.3 is 5.97 Å². The van der Waals surface area contributed by atoms with Crippen molar-refractivity contribution < 1.29 is 18.8 Å². The minimum absolute atomic E-state index is 0.183. The maximum absolute atomic E-state index is 11.8. The molecule has 2 aliphatic rings. The van der Waals surface area contributed by atoms with E-state index in [1.165, 1.54) is 7.11 Å². The molecule has 22 heavy (non-hydrogen) atoms. The van der Waals surface area contributed by atoms with Gasteiger partial charge in [-0.2, -0.15) is 0 Å². The number of aryl methyl sites for hydroxylation is 1. The summed E-state index contributed by atoms with van der Waals surface area (Å²) in [6.07, 6.45) is 0. The van der Waals surface area contributed by atoms with Crippen molar-refractivity contribution in [3.8, 4) is 28.0 Å². The van der Waals surface area contributed by atoms with Crippen LogP contribution in [0.2, 0.25) is 0 Å². The summed E-state index contributed by atoms with van der Waals surface area (Å²) in [7, 11) is 2.95. The minimum Gasteiger partial charge on any atom is -0.497 e. The molecular weight excluding hydrogens is 282 g/mol. The average Bonchev–Trinajstić information content (AvgIpc) is 3.00. The summed E-state index contributed by atoms with van der Waals surface area (Å²) in [6, 6.07) is 11.5. The van der Waals surface area contributed by atoms with Crippen LogP contribution in [0.5, 0.6) is 5.75 Å². The van der Waals surface area contributed by atoms with Crippen molar-refractivity contribution in [1.29, 1.82) is 0 Å². The number of nitrogens with zero attached hydrogens (tertiary/aromatic N) is 1. The second-order valence-electron chi connectivity index (χ2n) is 4.84. The van der Waals surface area contributed by atoms with Crippen LogP contribution in [0.4, 0.5) is 0 Å². The third kappa shape index (κ3) is 2.20. The van der Waals surface area contributed by atoms with Gasteiger partial charge < -0.3 is 14.0 Å². The summed E-state index contributed by atoms with van der Waals surface area (Å²) in [5.41, 5.74) is 3.76. The van der Waals surface area contributed by atoms with Crippen molar-refractivity contribution >= 4 is 5.97 Å². The Kier molecular flexibility index (Phi) is 3.55. The van der Waals surface area contributed by atoms with Crippen LogP contribution in [-0.2, 0) is 4.74 Å². The summed E-state index contributed by atoms with van der Waals surface area (Å²) >= 11 is 0. The Morgan fingerprint density at radius 1 is 1.05 bits per heavy atom. The predicted molar refractivity (Wildman–Crippen MR) is 81.2 cm³/mol. The lowest BCUT2D eigenvalue weighted by Crippen LogP contribution is -2.07. The van der Waals surface area contributed by atoms with Gasteiger partial charge in [-0.05, 0) is 30.2 Å². The number of aromatic nitrogens is 1. The van der Waals surface area contributed by atoms with Gasteiger partial charge in [-0.3, -0.25) is 0 Å². The third-order valence-corrected chi connectivity index (χ3v) is 3.62. The zero-order chi connectivity index (χ0) is 15.7. The first kappa shape index (κ1) is 14.1. The Hall–Kier alpha value is -2.82. The summed E-state index contributed by atoms with van der Waals surface area (Å²) < 4.78 is 15.2. The van der Waals surface area contributed by atoms with Gasteiger partial charge in [-0.15, -0.1) is 0 Å². The van der Waals surface area contributed by atoms with Crippen LogP contribution < -0.4 is 4.74 Å². The molecule has 0 aromatic heterocycles. The van der Waals surface area contributed by atoms with Crippen molar-refractivity contribution in [2.45, 2.75) is 6.92 Å². The maximum atomic E-state index is 11.8. The van der Waals surface area contributed by atoms with E-state index < -0.39 is 5.97 Å². The summed E-state index contributed by atoms with van der Waals surface area (Å²) in [5.74, 6) is 0.928. The molecule has 0 unspecified atom stereocenters. The molecule has 1 heterocycles. The van der Waals surface area contributed by atoms with Crippen molar-refractivity contribution in [1.82, 2.24) is 5.16 Å². The lowest BCUT2D eigenvalue weighted by molar-refractivity contribution is 0.0585. The molecule has 112 valence electrons. The second-order valence-corrected chi connectivity index (χ2v) is 4.84. The molecule has 0 amide bonds. The molecule has 5 heteroatoms. The standard InChI is InChI=1S/C17H15NO4/c1-10-15-13(11-4-6-12(20-2)7-5-11)8-9-14(15)16(18-22-10)17(19)21-3/h4-9H,1-3H3. The van der Waals surface area contributed by atoms with E-state index in [0.717, 1.165) is 28.0 Å². The van der Waals surface area contributed by atoms with E-state index in [-0.39, 0.29) is 5.69 Å². The second kappa shape index (κ2) is 5.52. The molecule has 0 fully saturated rings. The molecule has 3 rings (SSSR count). The molecule has 0 spiro atoms. The number of methoxy groups -OCH3 is 2. The highest BCUT2D eigenvalue weighted by Crippen LogP contribution is 2.39. The van der Waals surface area contributed by atoms with Crippen LogP contribution >= 0.6 is 0 Å². The first-order chi connectivity index (χ1) is 10.7. The highest BCUT2D eigenvalue weighted by atomic mass is 16.5. The van der Waals surface area contributed by atoms with Gasteiger partial charge in [0.15, 0.2) is 5.69 Å². The number of carbonyl (C=O) groups is 1. The van der Waals surface area contributed by atoms with E-state index in [9.17, 15) is 4.79 Å². The van der Waals surface area contributed by atoms with Crippen molar-refractivity contribution in [2.24, 2.45) is 0 Å². The number of hydrogen-bond acceptors (Lipinski definition) is 5. The molecule has 0 saturated carbocycles. The molecular formula is C17H15NO4. The van der Waals surface area contributed by atoms with Crippen LogP contribution in [0.15, 0.2) is 40.9 Å². The fourth-order valence-electron chi connectivity index (χ4n) is 2.52. The third-order valence-electron chi connectivity index (χ3n) is 3.62. The molecule has 1 aliphatic carbocycles. The lowest BCUT2D eigenvalue weighted by Gasteiger charge is -2.10. The van der Waals surface area contributed by atoms with Crippen molar-refractivity contribution in [2.75, 3.05) is 14.2 Å². The van der Waals surface area contributed by atoms with Gasteiger partial charge in [0.2, 0.25) is 0 Å². The number of benzene rings is 1. The van der Waals surface area contributed by atoms with Gasteiger partial charge in [0.1, 0.15) is 11.5 Å². The number of ether oxygens (including phenoxy) is 2. The smallest absolute Gasteiger partial charge is 0.360 e. The SMILES string of the molecule is COC(=O)c1noc(C)c2c(-c3ccc(OC)cc3)ccc1-2. The number of fused-ring (bicyclic) bond motifs is 1. The predicted octanol–water partition coefficient (Wildman–Crippen LogP) is 3.55. The van der Waals surface area contributed by atoms with Crippen LogP contribution in [-0.4, -0.2) is 25.3 Å². The van der Waals surface area contributed by atoms with Gasteiger partial charge in [0.05, 0.1) is 14.2 Å². The molecule has 0 radical (unpaired) electrons. The van der Waals surface area contributed by atoms with Gasteiger partial charge in [0, 0.05) is 11.1 Å². The fraction of sp³-hybridized carbons (Fsp3) is 0.176. The van der Waals surface area contributed by atoms with E-state index in [2.05, 4.69) is 5.16 Å². The molecule has 0 saturated heterocycles. The molecule has 5 nitrogen and oxygen atoms in total. The first-order valence-electron chi connectivity index (χ1n) is 6.77. The Bertz CT molecular complexity index is 789. The zero-order valence-electron chi connectivity index (χ0n) is 12.5. The zero-order valence-corrected chi connectivity index (χ0v) is 12.5. The Labute approximate surface area is 127 Å². The summed E-state index contributed by atoms with van der Waals surface area (Å²) in [5, 5.41) is 3.84. The molecule has 1 aliphatic heterocycles. The highest BCUT2D eigenvalue weighted by Gasteiger charge is 2.24. The fourth-order valence-corrected chi connectivity index (χ4v) is 2.52. The van der Waals surface area contributed by atoms with Gasteiger partial charge in [-0.25, -0.2) is 4.79 Å². The molecule has 0 N–H and O–H groups in total. The van der Waals surface area contributed by atoms with E-state index >= 15 is 0 Å². The Morgan fingerprint density at radius 2 is 1.73 bits per heavy atom. The lowest BCUT2D eigenvalue weighted by atomic mass is 9.99. The van der Waals surface area contributed by atoms with Gasteiger partial charge in [0.25, 0.3) is 0 Å². The van der Waals surface area contributed by atoms with Gasteiger partial charge in [-0.1, -0.05) is 29.4 Å². The van der Waals surface area contributed by atoms with Crippen LogP contribution in [0.3, 0.4) is 0 Å². The Morgan fingerprint density at radius 3 is 2.36 bits per heavy atom. The highest BCUT2D eigenvalue weighted by molar-refractivity contribution is 6.00. The molecule has 1 aromatic carbocycles. The maximum Gasteiger partial charge on any atom is 0.360 e. The van der Waals surface area contributed by atoms with E-state index in [4.69, 9.17) is 14.0 Å². The normalized spacial score (nSPS) is 10.7. The molecule has 0 bridgehead atoms. The number of carbonyl (C=O) groups excluding carboxylic acids is 1. The molecule has 0 atom stereocenters. The topological polar surface area (TPSA) is 61.6 Å². The van der Waals surface area contributed by atoms with Crippen LogP contribution in [0.25, 0.3) is 22.3 Å². The monoisotopic (exact) mass is 297 g/mol. The van der Waals surface area contributed by atoms with E-state index in [0.29, 0.717) is 5.76 Å². The van der Waals surface area contributed by atoms with Crippen molar-refractivity contribution in [3.05, 3.63) is 47.9 Å². The summed E-state index contributed by atoms with van der Waals surface area (Å²) in [4.78, 5) is 11.8. The molecule has 1 aromatic rings. The Balaban J connectivity index is 2.14. The van der Waals surface area contributed by atoms with E-state index in [1.54, 1.807) is 7.11 Å². The number of rotatable bonds is 3. The van der Waals surface area contributed by atoms with Crippen LogP contribution in [0.1, 0.15) is 16.2 Å². The average molecular weight is 297 g/mol. The number of esters is 1. The minimum atomic E-state index is -0.513. The number of hydrogen-bond donors (Lipinski definition) is 0.